The van der Waals surface area contributed by atoms with E-state index in [0.29, 0.717) is 21.2 Å². The van der Waals surface area contributed by atoms with Gasteiger partial charge in [0.2, 0.25) is 0 Å². The Labute approximate surface area is 119 Å². The van der Waals surface area contributed by atoms with Gasteiger partial charge in [-0.25, -0.2) is 0 Å². The molecule has 0 saturated heterocycles. The Kier molecular flexibility index (Phi) is 4.47. The van der Waals surface area contributed by atoms with Gasteiger partial charge in [0.15, 0.2) is 0 Å². The standard InChI is InChI=1S/C13H11Cl2NO3/c14-10-3-9(4-11(15)5-10)12(17)6-16-13(18)8-1-2-19-7-8/h1-5,7,12,17H,6H2,(H,16,18). The average Bonchev–Trinajstić information content (AvgIpc) is 2.88. The fraction of sp³-hybridized carbons (Fsp3) is 0.154. The summed E-state index contributed by atoms with van der Waals surface area (Å²) < 4.78 is 4.80. The molecule has 1 atom stereocenters. The molecule has 1 unspecified atom stereocenters. The van der Waals surface area contributed by atoms with Crippen molar-refractivity contribution in [3.63, 3.8) is 0 Å². The minimum Gasteiger partial charge on any atom is -0.472 e. The molecule has 1 heterocycles. The molecule has 4 nitrogen and oxygen atoms in total. The largest absolute Gasteiger partial charge is 0.472 e. The van der Waals surface area contributed by atoms with Crippen molar-refractivity contribution in [3.8, 4) is 0 Å². The number of benzene rings is 1. The Hall–Kier alpha value is -1.49. The zero-order chi connectivity index (χ0) is 13.8. The number of nitrogens with one attached hydrogen (secondary N) is 1. The van der Waals surface area contributed by atoms with E-state index < -0.39 is 6.10 Å². The molecule has 19 heavy (non-hydrogen) atoms. The molecule has 0 bridgehead atoms. The minimum atomic E-state index is -0.882. The predicted molar refractivity (Wildman–Crippen MR) is 72.5 cm³/mol. The molecule has 1 amide bonds. The molecule has 6 heteroatoms. The van der Waals surface area contributed by atoms with Crippen molar-refractivity contribution in [1.29, 1.82) is 0 Å². The zero-order valence-electron chi connectivity index (χ0n) is 9.77. The number of hydrogen-bond acceptors (Lipinski definition) is 3. The Morgan fingerprint density at radius 2 is 2.00 bits per heavy atom. The molecule has 0 aliphatic carbocycles. The van der Waals surface area contributed by atoms with Crippen LogP contribution < -0.4 is 5.32 Å². The maximum atomic E-state index is 11.6. The van der Waals surface area contributed by atoms with E-state index in [9.17, 15) is 9.90 Å². The number of carbonyl (C=O) groups is 1. The van der Waals surface area contributed by atoms with Crippen molar-refractivity contribution in [3.05, 3.63) is 58.0 Å². The van der Waals surface area contributed by atoms with Crippen LogP contribution in [0.3, 0.4) is 0 Å². The van der Waals surface area contributed by atoms with E-state index >= 15 is 0 Å². The van der Waals surface area contributed by atoms with Gasteiger partial charge in [-0.15, -0.1) is 0 Å². The van der Waals surface area contributed by atoms with E-state index in [2.05, 4.69) is 5.32 Å². The molecular weight excluding hydrogens is 289 g/mol. The predicted octanol–water partition coefficient (Wildman–Crippen LogP) is 3.05. The first kappa shape index (κ1) is 13.9. The molecule has 0 aliphatic heterocycles. The van der Waals surface area contributed by atoms with Crippen molar-refractivity contribution in [1.82, 2.24) is 5.32 Å². The van der Waals surface area contributed by atoms with Gasteiger partial charge >= 0.3 is 0 Å². The molecule has 0 fully saturated rings. The van der Waals surface area contributed by atoms with E-state index in [1.807, 2.05) is 0 Å². The summed E-state index contributed by atoms with van der Waals surface area (Å²) in [4.78, 5) is 11.6. The summed E-state index contributed by atoms with van der Waals surface area (Å²) in [5.74, 6) is -0.319. The van der Waals surface area contributed by atoms with Gasteiger partial charge < -0.3 is 14.8 Å². The molecule has 100 valence electrons. The lowest BCUT2D eigenvalue weighted by molar-refractivity contribution is 0.0915. The molecule has 1 aromatic carbocycles. The lowest BCUT2D eigenvalue weighted by atomic mass is 10.1. The number of rotatable bonds is 4. The molecule has 0 spiro atoms. The number of amides is 1. The smallest absolute Gasteiger partial charge is 0.254 e. The Bertz CT molecular complexity index is 549. The zero-order valence-corrected chi connectivity index (χ0v) is 11.3. The van der Waals surface area contributed by atoms with Crippen LogP contribution in [0.25, 0.3) is 0 Å². The highest BCUT2D eigenvalue weighted by Crippen LogP contribution is 2.23. The monoisotopic (exact) mass is 299 g/mol. The van der Waals surface area contributed by atoms with Crippen LogP contribution in [-0.4, -0.2) is 17.6 Å². The lowest BCUT2D eigenvalue weighted by Gasteiger charge is -2.12. The van der Waals surface area contributed by atoms with Crippen molar-refractivity contribution in [2.75, 3.05) is 6.54 Å². The molecule has 2 N–H and O–H groups in total. The van der Waals surface area contributed by atoms with Crippen molar-refractivity contribution in [2.45, 2.75) is 6.10 Å². The van der Waals surface area contributed by atoms with E-state index in [0.717, 1.165) is 0 Å². The van der Waals surface area contributed by atoms with Gasteiger partial charge in [-0.2, -0.15) is 0 Å². The molecule has 2 aromatic rings. The van der Waals surface area contributed by atoms with Crippen LogP contribution in [0.5, 0.6) is 0 Å². The van der Waals surface area contributed by atoms with Crippen LogP contribution >= 0.6 is 23.2 Å². The van der Waals surface area contributed by atoms with Gasteiger partial charge in [0.05, 0.1) is 17.9 Å². The number of carbonyl (C=O) groups excluding carboxylic acids is 1. The third kappa shape index (κ3) is 3.73. The third-order valence-corrected chi connectivity index (χ3v) is 2.95. The second-order valence-corrected chi connectivity index (χ2v) is 4.81. The van der Waals surface area contributed by atoms with E-state index in [1.54, 1.807) is 18.2 Å². The van der Waals surface area contributed by atoms with Gasteiger partial charge in [-0.3, -0.25) is 4.79 Å². The number of furan rings is 1. The molecule has 2 rings (SSSR count). The average molecular weight is 300 g/mol. The maximum Gasteiger partial charge on any atom is 0.254 e. The molecular formula is C13H11Cl2NO3. The summed E-state index contributed by atoms with van der Waals surface area (Å²) >= 11 is 11.7. The fourth-order valence-electron chi connectivity index (χ4n) is 1.57. The van der Waals surface area contributed by atoms with E-state index in [1.165, 1.54) is 18.6 Å². The van der Waals surface area contributed by atoms with Crippen LogP contribution in [0.15, 0.2) is 41.2 Å². The molecule has 0 radical (unpaired) electrons. The Morgan fingerprint density at radius 1 is 1.32 bits per heavy atom. The molecule has 1 aromatic heterocycles. The second kappa shape index (κ2) is 6.10. The van der Waals surface area contributed by atoms with Gasteiger partial charge in [-0.1, -0.05) is 23.2 Å². The molecule has 0 saturated carbocycles. The number of aliphatic hydroxyl groups excluding tert-OH is 1. The van der Waals surface area contributed by atoms with Gasteiger partial charge in [0, 0.05) is 16.6 Å². The van der Waals surface area contributed by atoms with Crippen molar-refractivity contribution in [2.24, 2.45) is 0 Å². The Balaban J connectivity index is 1.97. The lowest BCUT2D eigenvalue weighted by Crippen LogP contribution is -2.28. The molecule has 0 aliphatic rings. The highest BCUT2D eigenvalue weighted by atomic mass is 35.5. The number of hydrogen-bond donors (Lipinski definition) is 2. The van der Waals surface area contributed by atoms with Crippen molar-refractivity contribution < 1.29 is 14.3 Å². The van der Waals surface area contributed by atoms with Crippen LogP contribution in [0.1, 0.15) is 22.0 Å². The number of halogens is 2. The highest BCUT2D eigenvalue weighted by Gasteiger charge is 2.12. The summed E-state index contributed by atoms with van der Waals surface area (Å²) in [6.45, 7) is 0.0562. The van der Waals surface area contributed by atoms with E-state index in [-0.39, 0.29) is 12.5 Å². The Morgan fingerprint density at radius 3 is 2.58 bits per heavy atom. The first-order valence-electron chi connectivity index (χ1n) is 5.50. The topological polar surface area (TPSA) is 62.5 Å². The maximum absolute atomic E-state index is 11.6. The first-order valence-corrected chi connectivity index (χ1v) is 6.26. The highest BCUT2D eigenvalue weighted by molar-refractivity contribution is 6.34. The van der Waals surface area contributed by atoms with Gasteiger partial charge in [-0.05, 0) is 29.8 Å². The van der Waals surface area contributed by atoms with E-state index in [4.69, 9.17) is 27.6 Å². The van der Waals surface area contributed by atoms with Crippen LogP contribution in [-0.2, 0) is 0 Å². The summed E-state index contributed by atoms with van der Waals surface area (Å²) in [6.07, 6.45) is 1.85. The van der Waals surface area contributed by atoms with Crippen LogP contribution in [0.4, 0.5) is 0 Å². The fourth-order valence-corrected chi connectivity index (χ4v) is 2.11. The number of aliphatic hydroxyl groups is 1. The quantitative estimate of drug-likeness (QED) is 0.912. The summed E-state index contributed by atoms with van der Waals surface area (Å²) in [5.41, 5.74) is 0.946. The summed E-state index contributed by atoms with van der Waals surface area (Å²) in [5, 5.41) is 13.4. The minimum absolute atomic E-state index is 0.0562. The third-order valence-electron chi connectivity index (χ3n) is 2.51. The SMILES string of the molecule is O=C(NCC(O)c1cc(Cl)cc(Cl)c1)c1ccoc1. The summed E-state index contributed by atoms with van der Waals surface area (Å²) in [7, 11) is 0. The first-order chi connectivity index (χ1) is 9.06. The van der Waals surface area contributed by atoms with Crippen LogP contribution in [0, 0.1) is 0 Å². The summed E-state index contributed by atoms with van der Waals surface area (Å²) in [6, 6.07) is 6.31. The van der Waals surface area contributed by atoms with Crippen LogP contribution in [0.2, 0.25) is 10.0 Å². The van der Waals surface area contributed by atoms with Crippen molar-refractivity contribution >= 4 is 29.1 Å². The normalized spacial score (nSPS) is 12.2. The van der Waals surface area contributed by atoms with Gasteiger partial charge in [0.1, 0.15) is 6.26 Å². The second-order valence-electron chi connectivity index (χ2n) is 3.94. The van der Waals surface area contributed by atoms with Gasteiger partial charge in [0.25, 0.3) is 5.91 Å².